The molecule has 1 spiro atoms. The number of thioether (sulfide) groups is 1. The number of hydrogen-bond acceptors (Lipinski definition) is 1. The number of allylic oxidation sites excluding steroid dienone is 2. The molecule has 0 saturated heterocycles. The van der Waals surface area contributed by atoms with Gasteiger partial charge in [0.1, 0.15) is 0 Å². The molecular weight excluding hydrogens is 561 g/mol. The van der Waals surface area contributed by atoms with Gasteiger partial charge in [0.25, 0.3) is 0 Å². The molecule has 1 heterocycles. The Kier molecular flexibility index (Phi) is 6.49. The molecule has 0 fully saturated rings. The summed E-state index contributed by atoms with van der Waals surface area (Å²) in [6.07, 6.45) is 7.34. The third-order valence-electron chi connectivity index (χ3n) is 12.8. The van der Waals surface area contributed by atoms with E-state index in [1.165, 1.54) is 122 Å². The van der Waals surface area contributed by atoms with E-state index in [0.717, 1.165) is 0 Å². The van der Waals surface area contributed by atoms with E-state index in [0.29, 0.717) is 0 Å². The summed E-state index contributed by atoms with van der Waals surface area (Å²) in [7, 11) is 0. The molecule has 0 radical (unpaired) electrons. The molecule has 0 atom stereocenters. The minimum Gasteiger partial charge on any atom is -0.0977 e. The summed E-state index contributed by atoms with van der Waals surface area (Å²) in [6.45, 7) is 33.2. The molecule has 45 heavy (non-hydrogen) atoms. The maximum atomic E-state index is 2.60. The second-order valence-corrected chi connectivity index (χ2v) is 15.9. The normalized spacial score (nSPS) is 16.3. The van der Waals surface area contributed by atoms with Gasteiger partial charge in [0.05, 0.1) is 5.41 Å². The van der Waals surface area contributed by atoms with Crippen LogP contribution in [0.25, 0.3) is 28.3 Å². The molecular formula is C44H48S. The Hall–Kier alpha value is -3.29. The van der Waals surface area contributed by atoms with Crippen LogP contribution in [-0.4, -0.2) is 0 Å². The molecule has 2 aliphatic carbocycles. The number of rotatable bonds is 0. The van der Waals surface area contributed by atoms with Crippen molar-refractivity contribution in [3.8, 4) is 22.3 Å². The predicted octanol–water partition coefficient (Wildman–Crippen LogP) is 12.3. The van der Waals surface area contributed by atoms with Crippen LogP contribution in [0.2, 0.25) is 0 Å². The van der Waals surface area contributed by atoms with Crippen molar-refractivity contribution in [3.05, 3.63) is 124 Å². The van der Waals surface area contributed by atoms with Crippen molar-refractivity contribution in [3.63, 3.8) is 0 Å². The van der Waals surface area contributed by atoms with E-state index in [-0.39, 0.29) is 5.41 Å². The van der Waals surface area contributed by atoms with Gasteiger partial charge >= 0.3 is 0 Å². The molecule has 0 amide bonds. The van der Waals surface area contributed by atoms with Crippen LogP contribution < -0.4 is 0 Å². The molecule has 1 aliphatic heterocycles. The highest BCUT2D eigenvalue weighted by Gasteiger charge is 2.49. The lowest BCUT2D eigenvalue weighted by atomic mass is 9.62. The van der Waals surface area contributed by atoms with Gasteiger partial charge in [-0.2, -0.15) is 0 Å². The van der Waals surface area contributed by atoms with Crippen LogP contribution in [0.15, 0.2) is 34.6 Å². The third kappa shape index (κ3) is 3.57. The summed E-state index contributed by atoms with van der Waals surface area (Å²) in [5, 5.41) is 2.44. The zero-order valence-corrected chi connectivity index (χ0v) is 30.7. The minimum atomic E-state index is -0.431. The molecule has 0 N–H and O–H groups in total. The lowest BCUT2D eigenvalue weighted by molar-refractivity contribution is 0.652. The lowest BCUT2D eigenvalue weighted by Crippen LogP contribution is -2.34. The summed E-state index contributed by atoms with van der Waals surface area (Å²) >= 11 is 1.93. The first kappa shape index (κ1) is 30.4. The number of fused-ring (bicyclic) bond motifs is 11. The van der Waals surface area contributed by atoms with Crippen LogP contribution in [0.5, 0.6) is 0 Å². The maximum Gasteiger partial charge on any atom is 0.0668 e. The Bertz CT molecular complexity index is 2000. The van der Waals surface area contributed by atoms with Crippen LogP contribution in [0.1, 0.15) is 108 Å². The Morgan fingerprint density at radius 2 is 0.867 bits per heavy atom. The highest BCUT2D eigenvalue weighted by molar-refractivity contribution is 8.02. The molecule has 0 aromatic heterocycles. The summed E-state index contributed by atoms with van der Waals surface area (Å²) < 4.78 is 0. The summed E-state index contributed by atoms with van der Waals surface area (Å²) in [4.78, 5) is 1.44. The highest BCUT2D eigenvalue weighted by atomic mass is 32.2. The molecule has 1 heteroatoms. The minimum absolute atomic E-state index is 0.0108. The van der Waals surface area contributed by atoms with E-state index in [1.807, 2.05) is 11.8 Å². The highest BCUT2D eigenvalue weighted by Crippen LogP contribution is 2.62. The third-order valence-corrected chi connectivity index (χ3v) is 13.7. The van der Waals surface area contributed by atoms with Gasteiger partial charge in [-0.3, -0.25) is 0 Å². The smallest absolute Gasteiger partial charge is 0.0668 e. The molecule has 7 rings (SSSR count). The fourth-order valence-corrected chi connectivity index (χ4v) is 10.5. The van der Waals surface area contributed by atoms with Gasteiger partial charge in [0.2, 0.25) is 0 Å². The maximum absolute atomic E-state index is 2.60. The van der Waals surface area contributed by atoms with Gasteiger partial charge in [-0.25, -0.2) is 0 Å². The standard InChI is InChI=1S/C44H48S/c1-21-22(2)28(8)36-35(27(21)7)37-29(9)23(3)25(5)31(11)39(37)44(40-32(12)26(6)24(4)30(10)38(36)40)19-20-45-42-34(44)16-15-33-17-18-43(13,14)41(33)42/h15-20H,1-14H3. The first-order valence-corrected chi connectivity index (χ1v) is 17.5. The molecule has 0 bridgehead atoms. The van der Waals surface area contributed by atoms with Gasteiger partial charge < -0.3 is 0 Å². The second-order valence-electron chi connectivity index (χ2n) is 14.9. The first-order valence-electron chi connectivity index (χ1n) is 16.6. The lowest BCUT2D eigenvalue weighted by Gasteiger charge is -2.43. The molecule has 4 aromatic rings. The molecule has 0 nitrogen and oxygen atoms in total. The Balaban J connectivity index is 1.87. The monoisotopic (exact) mass is 608 g/mol. The van der Waals surface area contributed by atoms with Gasteiger partial charge in [0, 0.05) is 10.3 Å². The predicted molar refractivity (Wildman–Crippen MR) is 198 cm³/mol. The zero-order chi connectivity index (χ0) is 32.7. The van der Waals surface area contributed by atoms with Crippen LogP contribution >= 0.6 is 11.8 Å². The Labute approximate surface area is 276 Å². The molecule has 0 unspecified atom stereocenters. The zero-order valence-electron chi connectivity index (χ0n) is 29.9. The van der Waals surface area contributed by atoms with Crippen molar-refractivity contribution < 1.29 is 0 Å². The number of hydrogen-bond donors (Lipinski definition) is 0. The number of benzene rings is 4. The SMILES string of the molecule is Cc1c(C)c(C)c2c(c1C)-c1c(C)c(C)c(C)c(C)c1C1(C=CSc3c1ccc1c3C(C)(C)C=C1)c1c(C)c(C)c(C)c(C)c1-2. The van der Waals surface area contributed by atoms with Crippen molar-refractivity contribution >= 4 is 17.8 Å². The molecule has 0 saturated carbocycles. The van der Waals surface area contributed by atoms with Crippen molar-refractivity contribution in [1.82, 2.24) is 0 Å². The Morgan fingerprint density at radius 3 is 1.33 bits per heavy atom. The van der Waals surface area contributed by atoms with Gasteiger partial charge in [-0.05, 0) is 205 Å². The molecule has 3 aliphatic rings. The molecule has 230 valence electrons. The van der Waals surface area contributed by atoms with Crippen LogP contribution in [0.4, 0.5) is 0 Å². The van der Waals surface area contributed by atoms with Crippen molar-refractivity contribution in [2.45, 2.75) is 113 Å². The topological polar surface area (TPSA) is 0 Å². The Morgan fingerprint density at radius 1 is 0.444 bits per heavy atom. The van der Waals surface area contributed by atoms with E-state index in [1.54, 1.807) is 0 Å². The summed E-state index contributed by atoms with van der Waals surface area (Å²) in [5.41, 5.74) is 29.7. The second kappa shape index (κ2) is 9.62. The fourth-order valence-electron chi connectivity index (χ4n) is 9.24. The van der Waals surface area contributed by atoms with Crippen LogP contribution in [0.3, 0.4) is 0 Å². The average Bonchev–Trinajstić information content (AvgIpc) is 3.27. The van der Waals surface area contributed by atoms with Crippen molar-refractivity contribution in [1.29, 1.82) is 0 Å². The quantitative estimate of drug-likeness (QED) is 0.191. The van der Waals surface area contributed by atoms with Crippen LogP contribution in [0, 0.1) is 83.1 Å². The first-order chi connectivity index (χ1) is 21.1. The van der Waals surface area contributed by atoms with Crippen molar-refractivity contribution in [2.24, 2.45) is 0 Å². The summed E-state index contributed by atoms with van der Waals surface area (Å²) in [5.74, 6) is 0. The largest absolute Gasteiger partial charge is 0.0977 e. The summed E-state index contributed by atoms with van der Waals surface area (Å²) in [6, 6.07) is 4.90. The van der Waals surface area contributed by atoms with E-state index < -0.39 is 5.41 Å². The van der Waals surface area contributed by atoms with Crippen LogP contribution in [-0.2, 0) is 10.8 Å². The van der Waals surface area contributed by atoms with Crippen molar-refractivity contribution in [2.75, 3.05) is 0 Å². The van der Waals surface area contributed by atoms with E-state index in [4.69, 9.17) is 0 Å². The molecule has 4 aromatic carbocycles. The van der Waals surface area contributed by atoms with Gasteiger partial charge in [0.15, 0.2) is 0 Å². The van der Waals surface area contributed by atoms with E-state index in [9.17, 15) is 0 Å². The van der Waals surface area contributed by atoms with Gasteiger partial charge in [-0.1, -0.05) is 56.0 Å². The van der Waals surface area contributed by atoms with E-state index in [2.05, 4.69) is 133 Å². The fraction of sp³-hybridized carbons (Fsp3) is 0.364. The average molecular weight is 609 g/mol. The van der Waals surface area contributed by atoms with E-state index >= 15 is 0 Å². The van der Waals surface area contributed by atoms with Gasteiger partial charge in [-0.15, -0.1) is 0 Å².